The molecule has 12 nitrogen and oxygen atoms in total. The zero-order valence-corrected chi connectivity index (χ0v) is 30.1. The highest BCUT2D eigenvalue weighted by Crippen LogP contribution is 2.47. The van der Waals surface area contributed by atoms with Crippen LogP contribution in [-0.2, 0) is 19.0 Å². The summed E-state index contributed by atoms with van der Waals surface area (Å²) in [7, 11) is 2.85. The van der Waals surface area contributed by atoms with Gasteiger partial charge in [-0.3, -0.25) is 9.99 Å². The number of fused-ring (bicyclic) bond motifs is 2. The van der Waals surface area contributed by atoms with Gasteiger partial charge in [-0.2, -0.15) is 9.97 Å². The predicted octanol–water partition coefficient (Wildman–Crippen LogP) is 5.40. The van der Waals surface area contributed by atoms with Crippen LogP contribution in [0.1, 0.15) is 50.5 Å². The largest absolute Gasteiger partial charge is 0.468 e. The molecule has 0 amide bonds. The molecule has 4 aromatic rings. The lowest BCUT2D eigenvalue weighted by atomic mass is 9.95. The Morgan fingerprint density at radius 1 is 1.08 bits per heavy atom. The normalized spacial score (nSPS) is 17.8. The highest BCUT2D eigenvalue weighted by Gasteiger charge is 2.45. The van der Waals surface area contributed by atoms with Gasteiger partial charge in [0, 0.05) is 62.4 Å². The summed E-state index contributed by atoms with van der Waals surface area (Å²) in [6, 6.07) is 6.19. The van der Waals surface area contributed by atoms with Gasteiger partial charge < -0.3 is 28.6 Å². The summed E-state index contributed by atoms with van der Waals surface area (Å²) in [5.74, 6) is 1.59. The second-order valence-corrected chi connectivity index (χ2v) is 14.0. The highest BCUT2D eigenvalue weighted by atomic mass is 19.1. The number of methoxy groups -OCH3 is 2. The second kappa shape index (κ2) is 16.1. The summed E-state index contributed by atoms with van der Waals surface area (Å²) >= 11 is 0. The van der Waals surface area contributed by atoms with Crippen LogP contribution in [0, 0.1) is 29.4 Å². The molecule has 2 aromatic heterocycles. The molecule has 2 aliphatic heterocycles. The summed E-state index contributed by atoms with van der Waals surface area (Å²) in [6.07, 6.45) is 14.0. The Morgan fingerprint density at radius 3 is 2.66 bits per heavy atom. The van der Waals surface area contributed by atoms with E-state index in [2.05, 4.69) is 26.2 Å². The molecular weight excluding hydrogens is 686 g/mol. The van der Waals surface area contributed by atoms with Crippen LogP contribution in [0.5, 0.6) is 11.8 Å². The molecule has 1 saturated carbocycles. The van der Waals surface area contributed by atoms with E-state index in [1.807, 2.05) is 5.01 Å². The summed E-state index contributed by atoms with van der Waals surface area (Å²) in [4.78, 5) is 27.9. The van der Waals surface area contributed by atoms with E-state index < -0.39 is 11.6 Å². The fraction of sp³-hybridized carbons (Fsp3) is 0.487. The molecule has 280 valence electrons. The number of terminal acetylenes is 1. The first-order chi connectivity index (χ1) is 25.8. The minimum atomic E-state index is -0.721. The van der Waals surface area contributed by atoms with E-state index in [1.165, 1.54) is 20.3 Å². The van der Waals surface area contributed by atoms with Crippen LogP contribution in [-0.4, -0.2) is 98.9 Å². The average molecular weight is 731 g/mol. The molecule has 3 fully saturated rings. The fourth-order valence-corrected chi connectivity index (χ4v) is 7.17. The highest BCUT2D eigenvalue weighted by molar-refractivity contribution is 6.03. The SMILES string of the molecule is C#Cc1c(F)ccc2cc(OCOC)cc(-c3ncc4c(N5CCCCCN5)nc(OCC5(CN6CCC(OCC(=O)OC)CC6)CC5)nc4c3F)c12. The van der Waals surface area contributed by atoms with Crippen molar-refractivity contribution in [2.45, 2.75) is 51.0 Å². The zero-order chi connectivity index (χ0) is 37.0. The standard InChI is InChI=1S/C39H44F2N6O6/c1-4-28-31(40)9-8-25-18-27(53-24-49-2)19-29(33(25)28)35-34(41)36-30(20-42-35)37(47-15-7-5-6-14-43-47)45-38(44-36)52-23-39(12-13-39)22-46-16-10-26(11-17-46)51-21-32(48)50-3/h1,8-9,18-20,26,43H,5-7,10-17,21-24H2,2-3H3. The van der Waals surface area contributed by atoms with Gasteiger partial charge in [0.2, 0.25) is 0 Å². The Labute approximate surface area is 307 Å². The van der Waals surface area contributed by atoms with Crippen molar-refractivity contribution in [3.05, 3.63) is 47.7 Å². The number of esters is 1. The molecule has 0 bridgehead atoms. The molecule has 0 atom stereocenters. The quantitative estimate of drug-likeness (QED) is 0.108. The van der Waals surface area contributed by atoms with Crippen molar-refractivity contribution in [1.82, 2.24) is 25.3 Å². The number of ether oxygens (including phenoxy) is 5. The van der Waals surface area contributed by atoms with Gasteiger partial charge in [0.25, 0.3) is 0 Å². The van der Waals surface area contributed by atoms with Crippen molar-refractivity contribution in [2.75, 3.05) is 72.0 Å². The van der Waals surface area contributed by atoms with Crippen LogP contribution >= 0.6 is 0 Å². The fourth-order valence-electron chi connectivity index (χ4n) is 7.17. The molecule has 0 radical (unpaired) electrons. The predicted molar refractivity (Wildman–Crippen MR) is 194 cm³/mol. The molecule has 4 heterocycles. The van der Waals surface area contributed by atoms with Crippen molar-refractivity contribution in [3.63, 3.8) is 0 Å². The van der Waals surface area contributed by atoms with Gasteiger partial charge in [-0.25, -0.2) is 19.0 Å². The number of rotatable bonds is 13. The molecule has 2 aromatic carbocycles. The first-order valence-corrected chi connectivity index (χ1v) is 18.1. The molecule has 0 spiro atoms. The Kier molecular flexibility index (Phi) is 11.2. The summed E-state index contributed by atoms with van der Waals surface area (Å²) in [6.45, 7) is 4.23. The number of hydrogen-bond donors (Lipinski definition) is 1. The second-order valence-electron chi connectivity index (χ2n) is 14.0. The Morgan fingerprint density at radius 2 is 1.91 bits per heavy atom. The smallest absolute Gasteiger partial charge is 0.331 e. The van der Waals surface area contributed by atoms with Gasteiger partial charge in [0.05, 0.1) is 30.8 Å². The first kappa shape index (κ1) is 36.7. The van der Waals surface area contributed by atoms with Crippen LogP contribution in [0.3, 0.4) is 0 Å². The van der Waals surface area contributed by atoms with Gasteiger partial charge >= 0.3 is 12.0 Å². The maximum absolute atomic E-state index is 17.1. The zero-order valence-electron chi connectivity index (χ0n) is 30.1. The van der Waals surface area contributed by atoms with Crippen LogP contribution < -0.4 is 19.9 Å². The van der Waals surface area contributed by atoms with E-state index in [9.17, 15) is 4.79 Å². The molecule has 2 saturated heterocycles. The van der Waals surface area contributed by atoms with Crippen LogP contribution in [0.25, 0.3) is 32.9 Å². The number of carbonyl (C=O) groups is 1. The molecule has 7 rings (SSSR count). The average Bonchev–Trinajstić information content (AvgIpc) is 4.00. The number of pyridine rings is 1. The summed E-state index contributed by atoms with van der Waals surface area (Å²) in [5.41, 5.74) is 3.55. The number of hydrazine groups is 1. The van der Waals surface area contributed by atoms with Gasteiger partial charge in [-0.05, 0) is 62.1 Å². The number of nitrogens with one attached hydrogen (secondary N) is 1. The van der Waals surface area contributed by atoms with E-state index in [-0.39, 0.29) is 59.2 Å². The molecule has 14 heteroatoms. The number of halogens is 2. The number of hydrogen-bond acceptors (Lipinski definition) is 12. The number of piperidine rings is 1. The third-order valence-corrected chi connectivity index (χ3v) is 10.3. The van der Waals surface area contributed by atoms with Gasteiger partial charge in [-0.1, -0.05) is 18.4 Å². The van der Waals surface area contributed by atoms with E-state index in [0.717, 1.165) is 71.1 Å². The lowest BCUT2D eigenvalue weighted by Gasteiger charge is -2.34. The number of aromatic nitrogens is 3. The number of carbonyl (C=O) groups excluding carboxylic acids is 1. The maximum atomic E-state index is 17.1. The van der Waals surface area contributed by atoms with Crippen LogP contribution in [0.4, 0.5) is 14.6 Å². The van der Waals surface area contributed by atoms with E-state index >= 15 is 8.78 Å². The summed E-state index contributed by atoms with van der Waals surface area (Å²) < 4.78 is 59.7. The van der Waals surface area contributed by atoms with Crippen molar-refractivity contribution in [2.24, 2.45) is 5.41 Å². The van der Waals surface area contributed by atoms with Crippen LogP contribution in [0.2, 0.25) is 0 Å². The van der Waals surface area contributed by atoms with Gasteiger partial charge in [-0.15, -0.1) is 6.42 Å². The maximum Gasteiger partial charge on any atom is 0.331 e. The first-order valence-electron chi connectivity index (χ1n) is 18.1. The Bertz CT molecular complexity index is 2000. The topological polar surface area (TPSA) is 120 Å². The number of nitrogens with zero attached hydrogens (tertiary/aromatic N) is 5. The summed E-state index contributed by atoms with van der Waals surface area (Å²) in [5, 5.41) is 3.21. The number of benzene rings is 2. The molecule has 1 aliphatic carbocycles. The van der Waals surface area contributed by atoms with Crippen molar-refractivity contribution in [1.29, 1.82) is 0 Å². The minimum absolute atomic E-state index is 0.00840. The van der Waals surface area contributed by atoms with Crippen molar-refractivity contribution in [3.8, 4) is 35.4 Å². The van der Waals surface area contributed by atoms with E-state index in [4.69, 9.17) is 35.1 Å². The van der Waals surface area contributed by atoms with Gasteiger partial charge in [0.1, 0.15) is 29.4 Å². The molecule has 53 heavy (non-hydrogen) atoms. The third-order valence-electron chi connectivity index (χ3n) is 10.3. The number of anilines is 1. The minimum Gasteiger partial charge on any atom is -0.468 e. The molecule has 0 unspecified atom stereocenters. The lowest BCUT2D eigenvalue weighted by molar-refractivity contribution is -0.149. The van der Waals surface area contributed by atoms with Crippen molar-refractivity contribution >= 4 is 33.5 Å². The van der Waals surface area contributed by atoms with Gasteiger partial charge in [0.15, 0.2) is 18.4 Å². The number of likely N-dealkylation sites (tertiary alicyclic amines) is 1. The molecule has 3 aliphatic rings. The molecular formula is C39H44F2N6O6. The van der Waals surface area contributed by atoms with E-state index in [1.54, 1.807) is 24.4 Å². The van der Waals surface area contributed by atoms with E-state index in [0.29, 0.717) is 40.9 Å². The third kappa shape index (κ3) is 8.13. The van der Waals surface area contributed by atoms with Crippen LogP contribution in [0.15, 0.2) is 30.5 Å². The monoisotopic (exact) mass is 730 g/mol. The lowest BCUT2D eigenvalue weighted by Crippen LogP contribution is -2.41. The van der Waals surface area contributed by atoms with Crippen molar-refractivity contribution < 1.29 is 37.3 Å². The Balaban J connectivity index is 1.20. The molecule has 1 N–H and O–H groups in total. The Hall–Kier alpha value is -4.68.